The summed E-state index contributed by atoms with van der Waals surface area (Å²) in [6.45, 7) is 3.81. The van der Waals surface area contributed by atoms with Gasteiger partial charge in [-0.3, -0.25) is 9.69 Å². The van der Waals surface area contributed by atoms with E-state index in [0.29, 0.717) is 19.2 Å². The third-order valence-electron chi connectivity index (χ3n) is 4.00. The Balaban J connectivity index is 1.85. The number of benzene rings is 1. The third kappa shape index (κ3) is 4.64. The summed E-state index contributed by atoms with van der Waals surface area (Å²) in [5, 5.41) is 0. The summed E-state index contributed by atoms with van der Waals surface area (Å²) in [6, 6.07) is 11.1. The van der Waals surface area contributed by atoms with E-state index in [9.17, 15) is 4.79 Å². The predicted molar refractivity (Wildman–Crippen MR) is 80.6 cm³/mol. The molecule has 1 atom stereocenters. The summed E-state index contributed by atoms with van der Waals surface area (Å²) < 4.78 is 5.08. The van der Waals surface area contributed by atoms with Gasteiger partial charge in [0.05, 0.1) is 13.2 Å². The molecule has 1 heterocycles. The largest absolute Gasteiger partial charge is 0.465 e. The maximum absolute atomic E-state index is 11.7. The Morgan fingerprint density at radius 3 is 2.85 bits per heavy atom. The smallest absolute Gasteiger partial charge is 0.320 e. The van der Waals surface area contributed by atoms with E-state index in [4.69, 9.17) is 4.74 Å². The molecule has 0 spiro atoms. The number of likely N-dealkylation sites (tertiary alicyclic amines) is 1. The normalized spacial score (nSPS) is 19.8. The van der Waals surface area contributed by atoms with Crippen LogP contribution in [-0.4, -0.2) is 36.6 Å². The Bertz CT molecular complexity index is 405. The lowest BCUT2D eigenvalue weighted by atomic mass is 9.96. The Hall–Kier alpha value is -1.35. The van der Waals surface area contributed by atoms with Gasteiger partial charge in [-0.1, -0.05) is 36.8 Å². The first-order valence-corrected chi connectivity index (χ1v) is 7.73. The van der Waals surface area contributed by atoms with Gasteiger partial charge in [-0.2, -0.15) is 0 Å². The lowest BCUT2D eigenvalue weighted by Crippen LogP contribution is -2.43. The highest BCUT2D eigenvalue weighted by atomic mass is 16.5. The fourth-order valence-electron chi connectivity index (χ4n) is 2.95. The lowest BCUT2D eigenvalue weighted by molar-refractivity contribution is -0.145. The molecule has 1 aromatic rings. The summed E-state index contributed by atoms with van der Waals surface area (Å²) in [7, 11) is 0. The molecule has 1 saturated heterocycles. The Morgan fingerprint density at radius 2 is 2.10 bits per heavy atom. The summed E-state index contributed by atoms with van der Waals surface area (Å²) >= 11 is 0. The molecule has 0 bridgehead atoms. The number of carbonyl (C=O) groups is 1. The van der Waals surface area contributed by atoms with E-state index in [0.717, 1.165) is 19.4 Å². The first kappa shape index (κ1) is 15.0. The van der Waals surface area contributed by atoms with Crippen LogP contribution >= 0.6 is 0 Å². The fourth-order valence-corrected chi connectivity index (χ4v) is 2.95. The summed E-state index contributed by atoms with van der Waals surface area (Å²) in [5.74, 6) is -0.0842. The molecule has 0 N–H and O–H groups in total. The van der Waals surface area contributed by atoms with E-state index in [1.54, 1.807) is 0 Å². The summed E-state index contributed by atoms with van der Waals surface area (Å²) in [6.07, 6.45) is 5.89. The molecule has 1 fully saturated rings. The molecule has 1 aliphatic heterocycles. The molecule has 0 aliphatic carbocycles. The monoisotopic (exact) mass is 275 g/mol. The minimum absolute atomic E-state index is 0.0842. The van der Waals surface area contributed by atoms with E-state index >= 15 is 0 Å². The number of hydrogen-bond acceptors (Lipinski definition) is 3. The van der Waals surface area contributed by atoms with Crippen molar-refractivity contribution in [3.05, 3.63) is 35.9 Å². The molecule has 1 aliphatic rings. The predicted octanol–water partition coefficient (Wildman–Crippen LogP) is 3.04. The van der Waals surface area contributed by atoms with Crippen molar-refractivity contribution >= 4 is 5.97 Å². The van der Waals surface area contributed by atoms with Crippen LogP contribution in [0, 0.1) is 0 Å². The van der Waals surface area contributed by atoms with Crippen LogP contribution in [0.15, 0.2) is 30.3 Å². The van der Waals surface area contributed by atoms with Crippen molar-refractivity contribution in [3.8, 4) is 0 Å². The molecular weight excluding hydrogens is 250 g/mol. The number of nitrogens with zero attached hydrogens (tertiary/aromatic N) is 1. The van der Waals surface area contributed by atoms with Crippen molar-refractivity contribution in [1.29, 1.82) is 0 Å². The molecule has 0 radical (unpaired) electrons. The van der Waals surface area contributed by atoms with Crippen molar-refractivity contribution in [2.75, 3.05) is 19.7 Å². The molecule has 1 unspecified atom stereocenters. The molecular formula is C17H25NO2. The van der Waals surface area contributed by atoms with E-state index in [1.807, 2.05) is 6.92 Å². The van der Waals surface area contributed by atoms with Crippen molar-refractivity contribution < 1.29 is 9.53 Å². The number of carbonyl (C=O) groups excluding carboxylic acids is 1. The maximum Gasteiger partial charge on any atom is 0.320 e. The minimum atomic E-state index is -0.0842. The highest BCUT2D eigenvalue weighted by molar-refractivity contribution is 5.71. The number of aryl methyl sites for hydroxylation is 1. The molecule has 0 aromatic heterocycles. The SMILES string of the molecule is CCOC(=O)CN1CCCCC1CCc1ccccc1. The van der Waals surface area contributed by atoms with E-state index in [1.165, 1.54) is 24.8 Å². The molecule has 0 saturated carbocycles. The quantitative estimate of drug-likeness (QED) is 0.747. The second-order valence-electron chi connectivity index (χ2n) is 5.45. The zero-order valence-corrected chi connectivity index (χ0v) is 12.4. The molecule has 3 nitrogen and oxygen atoms in total. The molecule has 0 amide bonds. The second kappa shape index (κ2) is 8.05. The fraction of sp³-hybridized carbons (Fsp3) is 0.588. The van der Waals surface area contributed by atoms with Crippen molar-refractivity contribution in [1.82, 2.24) is 4.90 Å². The maximum atomic E-state index is 11.7. The van der Waals surface area contributed by atoms with Crippen LogP contribution in [0.5, 0.6) is 0 Å². The Morgan fingerprint density at radius 1 is 1.30 bits per heavy atom. The van der Waals surface area contributed by atoms with Gasteiger partial charge in [-0.05, 0) is 44.7 Å². The highest BCUT2D eigenvalue weighted by Crippen LogP contribution is 2.21. The van der Waals surface area contributed by atoms with Crippen molar-refractivity contribution in [2.24, 2.45) is 0 Å². The van der Waals surface area contributed by atoms with Gasteiger partial charge in [0.15, 0.2) is 0 Å². The van der Waals surface area contributed by atoms with Crippen LogP contribution in [0.2, 0.25) is 0 Å². The van der Waals surface area contributed by atoms with E-state index in [-0.39, 0.29) is 5.97 Å². The molecule has 1 aromatic carbocycles. The average molecular weight is 275 g/mol. The van der Waals surface area contributed by atoms with Gasteiger partial charge in [-0.25, -0.2) is 0 Å². The first-order valence-electron chi connectivity index (χ1n) is 7.73. The zero-order chi connectivity index (χ0) is 14.2. The zero-order valence-electron chi connectivity index (χ0n) is 12.4. The standard InChI is InChI=1S/C17H25NO2/c1-2-20-17(19)14-18-13-7-6-10-16(18)12-11-15-8-4-3-5-9-15/h3-5,8-9,16H,2,6-7,10-14H2,1H3. The second-order valence-corrected chi connectivity index (χ2v) is 5.45. The average Bonchev–Trinajstić information content (AvgIpc) is 2.48. The molecule has 110 valence electrons. The minimum Gasteiger partial charge on any atom is -0.465 e. The highest BCUT2D eigenvalue weighted by Gasteiger charge is 2.24. The number of piperidine rings is 1. The summed E-state index contributed by atoms with van der Waals surface area (Å²) in [5.41, 5.74) is 1.38. The van der Waals surface area contributed by atoms with Gasteiger partial charge in [0.2, 0.25) is 0 Å². The van der Waals surface area contributed by atoms with Crippen LogP contribution in [0.1, 0.15) is 38.2 Å². The van der Waals surface area contributed by atoms with Crippen LogP contribution in [0.3, 0.4) is 0 Å². The van der Waals surface area contributed by atoms with Crippen molar-refractivity contribution in [2.45, 2.75) is 45.1 Å². The van der Waals surface area contributed by atoms with E-state index in [2.05, 4.69) is 35.2 Å². The molecule has 2 rings (SSSR count). The molecule has 20 heavy (non-hydrogen) atoms. The van der Waals surface area contributed by atoms with Gasteiger partial charge in [0, 0.05) is 6.04 Å². The van der Waals surface area contributed by atoms with Gasteiger partial charge in [0.1, 0.15) is 0 Å². The number of rotatable bonds is 6. The van der Waals surface area contributed by atoms with E-state index < -0.39 is 0 Å². The first-order chi connectivity index (χ1) is 9.79. The van der Waals surface area contributed by atoms with Gasteiger partial charge in [-0.15, -0.1) is 0 Å². The van der Waals surface area contributed by atoms with Crippen molar-refractivity contribution in [3.63, 3.8) is 0 Å². The lowest BCUT2D eigenvalue weighted by Gasteiger charge is -2.35. The Labute approximate surface area is 121 Å². The van der Waals surface area contributed by atoms with Crippen LogP contribution < -0.4 is 0 Å². The van der Waals surface area contributed by atoms with Gasteiger partial charge in [0.25, 0.3) is 0 Å². The Kier molecular flexibility index (Phi) is 6.06. The van der Waals surface area contributed by atoms with Crippen LogP contribution in [-0.2, 0) is 16.0 Å². The number of esters is 1. The number of ether oxygens (including phenoxy) is 1. The van der Waals surface area contributed by atoms with Crippen LogP contribution in [0.4, 0.5) is 0 Å². The molecule has 3 heteroatoms. The topological polar surface area (TPSA) is 29.5 Å². The van der Waals surface area contributed by atoms with Gasteiger partial charge < -0.3 is 4.74 Å². The van der Waals surface area contributed by atoms with Gasteiger partial charge >= 0.3 is 5.97 Å². The van der Waals surface area contributed by atoms with Crippen LogP contribution in [0.25, 0.3) is 0 Å². The summed E-state index contributed by atoms with van der Waals surface area (Å²) in [4.78, 5) is 14.0. The number of hydrogen-bond donors (Lipinski definition) is 0. The third-order valence-corrected chi connectivity index (χ3v) is 4.00.